The predicted octanol–water partition coefficient (Wildman–Crippen LogP) is 1.34. The first-order valence-corrected chi connectivity index (χ1v) is 5.45. The SMILES string of the molecule is OCc1cc(C(O)C(O)CCCl)ccc1F. The minimum Gasteiger partial charge on any atom is -0.392 e. The van der Waals surface area contributed by atoms with Gasteiger partial charge in [-0.1, -0.05) is 6.07 Å². The Bertz CT molecular complexity index is 346. The van der Waals surface area contributed by atoms with Gasteiger partial charge in [-0.25, -0.2) is 4.39 Å². The molecule has 0 spiro atoms. The number of benzene rings is 1. The van der Waals surface area contributed by atoms with E-state index >= 15 is 0 Å². The molecule has 0 aliphatic rings. The van der Waals surface area contributed by atoms with Crippen molar-refractivity contribution < 1.29 is 19.7 Å². The zero-order valence-electron chi connectivity index (χ0n) is 8.61. The van der Waals surface area contributed by atoms with E-state index in [-0.39, 0.29) is 17.9 Å². The Hall–Kier alpha value is -0.680. The second-order valence-electron chi connectivity index (χ2n) is 3.50. The predicted molar refractivity (Wildman–Crippen MR) is 58.6 cm³/mol. The second-order valence-corrected chi connectivity index (χ2v) is 3.88. The third kappa shape index (κ3) is 3.15. The van der Waals surface area contributed by atoms with E-state index in [1.54, 1.807) is 0 Å². The first kappa shape index (κ1) is 13.4. The Labute approximate surface area is 98.1 Å². The maximum atomic E-state index is 13.1. The Balaban J connectivity index is 2.87. The minimum absolute atomic E-state index is 0.0922. The Morgan fingerprint density at radius 3 is 2.56 bits per heavy atom. The van der Waals surface area contributed by atoms with E-state index in [1.165, 1.54) is 12.1 Å². The molecule has 0 aromatic heterocycles. The van der Waals surface area contributed by atoms with Crippen LogP contribution in [0, 0.1) is 5.82 Å². The van der Waals surface area contributed by atoms with Crippen LogP contribution in [0.2, 0.25) is 0 Å². The molecule has 0 amide bonds. The number of halogens is 2. The van der Waals surface area contributed by atoms with Crippen molar-refractivity contribution in [3.8, 4) is 0 Å². The Kier molecular flexibility index (Phi) is 5.15. The van der Waals surface area contributed by atoms with Crippen molar-refractivity contribution in [2.45, 2.75) is 25.2 Å². The molecule has 0 saturated carbocycles. The average molecular weight is 249 g/mol. The number of rotatable bonds is 5. The fourth-order valence-corrected chi connectivity index (χ4v) is 1.62. The van der Waals surface area contributed by atoms with Gasteiger partial charge in [-0.05, 0) is 24.1 Å². The smallest absolute Gasteiger partial charge is 0.128 e. The van der Waals surface area contributed by atoms with Crippen LogP contribution in [0.5, 0.6) is 0 Å². The lowest BCUT2D eigenvalue weighted by molar-refractivity contribution is 0.0168. The quantitative estimate of drug-likeness (QED) is 0.690. The summed E-state index contributed by atoms with van der Waals surface area (Å²) in [4.78, 5) is 0. The molecular formula is C11H14ClFO3. The molecule has 1 aromatic rings. The normalized spacial score (nSPS) is 14.8. The van der Waals surface area contributed by atoms with Crippen molar-refractivity contribution in [2.75, 3.05) is 5.88 Å². The first-order valence-electron chi connectivity index (χ1n) is 4.91. The lowest BCUT2D eigenvalue weighted by atomic mass is 10.0. The fraction of sp³-hybridized carbons (Fsp3) is 0.455. The van der Waals surface area contributed by atoms with E-state index in [9.17, 15) is 14.6 Å². The van der Waals surface area contributed by atoms with Crippen molar-refractivity contribution in [1.82, 2.24) is 0 Å². The topological polar surface area (TPSA) is 60.7 Å². The van der Waals surface area contributed by atoms with Crippen LogP contribution in [-0.4, -0.2) is 27.3 Å². The van der Waals surface area contributed by atoms with E-state index in [4.69, 9.17) is 16.7 Å². The van der Waals surface area contributed by atoms with Crippen LogP contribution in [0.25, 0.3) is 0 Å². The Morgan fingerprint density at radius 1 is 1.31 bits per heavy atom. The van der Waals surface area contributed by atoms with E-state index in [0.717, 1.165) is 6.07 Å². The van der Waals surface area contributed by atoms with Crippen molar-refractivity contribution >= 4 is 11.6 Å². The molecule has 1 aromatic carbocycles. The van der Waals surface area contributed by atoms with E-state index in [2.05, 4.69) is 0 Å². The zero-order chi connectivity index (χ0) is 12.1. The molecule has 90 valence electrons. The van der Waals surface area contributed by atoms with Gasteiger partial charge in [-0.2, -0.15) is 0 Å². The molecule has 3 nitrogen and oxygen atoms in total. The minimum atomic E-state index is -1.12. The third-order valence-corrected chi connectivity index (χ3v) is 2.57. The largest absolute Gasteiger partial charge is 0.392 e. The van der Waals surface area contributed by atoms with Crippen LogP contribution in [0.3, 0.4) is 0 Å². The summed E-state index contributed by atoms with van der Waals surface area (Å²) in [5, 5.41) is 28.1. The molecule has 5 heteroatoms. The number of hydrogen-bond donors (Lipinski definition) is 3. The van der Waals surface area contributed by atoms with E-state index in [1.807, 2.05) is 0 Å². The molecule has 0 aliphatic carbocycles. The second kappa shape index (κ2) is 6.15. The average Bonchev–Trinajstić information content (AvgIpc) is 2.29. The summed E-state index contributed by atoms with van der Waals surface area (Å²) in [5.74, 6) is -0.308. The standard InChI is InChI=1S/C11H14ClFO3/c12-4-3-10(15)11(16)7-1-2-9(13)8(5-7)6-14/h1-2,5,10-11,14-16H,3-4,6H2. The van der Waals surface area contributed by atoms with Gasteiger partial charge in [0.25, 0.3) is 0 Å². The third-order valence-electron chi connectivity index (χ3n) is 2.35. The lowest BCUT2D eigenvalue weighted by Gasteiger charge is -2.17. The summed E-state index contributed by atoms with van der Waals surface area (Å²) in [6, 6.07) is 3.85. The number of hydrogen-bond acceptors (Lipinski definition) is 3. The van der Waals surface area contributed by atoms with Crippen LogP contribution in [0.1, 0.15) is 23.7 Å². The lowest BCUT2D eigenvalue weighted by Crippen LogP contribution is -2.19. The number of aliphatic hydroxyl groups excluding tert-OH is 3. The molecule has 16 heavy (non-hydrogen) atoms. The summed E-state index contributed by atoms with van der Waals surface area (Å²) in [5.41, 5.74) is 0.456. The highest BCUT2D eigenvalue weighted by Crippen LogP contribution is 2.21. The summed E-state index contributed by atoms with van der Waals surface area (Å²) in [6.45, 7) is -0.446. The molecule has 0 heterocycles. The maximum absolute atomic E-state index is 13.1. The van der Waals surface area contributed by atoms with Crippen LogP contribution in [0.4, 0.5) is 4.39 Å². The molecule has 0 aliphatic heterocycles. The monoisotopic (exact) mass is 248 g/mol. The Morgan fingerprint density at radius 2 is 2.00 bits per heavy atom. The first-order chi connectivity index (χ1) is 7.60. The summed E-state index contributed by atoms with van der Waals surface area (Å²) >= 11 is 5.44. The molecule has 0 saturated heterocycles. The summed E-state index contributed by atoms with van der Waals surface area (Å²) < 4.78 is 13.1. The van der Waals surface area contributed by atoms with Gasteiger partial charge in [0.15, 0.2) is 0 Å². The van der Waals surface area contributed by atoms with Gasteiger partial charge >= 0.3 is 0 Å². The number of alkyl halides is 1. The fourth-order valence-electron chi connectivity index (χ4n) is 1.39. The van der Waals surface area contributed by atoms with Crippen molar-refractivity contribution in [2.24, 2.45) is 0 Å². The summed E-state index contributed by atoms with van der Waals surface area (Å²) in [6.07, 6.45) is -1.87. The molecule has 0 bridgehead atoms. The van der Waals surface area contributed by atoms with Crippen molar-refractivity contribution in [1.29, 1.82) is 0 Å². The highest BCUT2D eigenvalue weighted by molar-refractivity contribution is 6.17. The zero-order valence-corrected chi connectivity index (χ0v) is 9.36. The maximum Gasteiger partial charge on any atom is 0.128 e. The van der Waals surface area contributed by atoms with Gasteiger partial charge in [-0.3, -0.25) is 0 Å². The van der Waals surface area contributed by atoms with Gasteiger partial charge in [-0.15, -0.1) is 11.6 Å². The molecule has 2 atom stereocenters. The van der Waals surface area contributed by atoms with E-state index in [0.29, 0.717) is 5.56 Å². The van der Waals surface area contributed by atoms with Gasteiger partial charge in [0.05, 0.1) is 12.7 Å². The molecule has 0 fully saturated rings. The molecule has 0 radical (unpaired) electrons. The van der Waals surface area contributed by atoms with Crippen LogP contribution in [-0.2, 0) is 6.61 Å². The highest BCUT2D eigenvalue weighted by atomic mass is 35.5. The van der Waals surface area contributed by atoms with Gasteiger partial charge in [0.1, 0.15) is 11.9 Å². The van der Waals surface area contributed by atoms with Gasteiger partial charge in [0.2, 0.25) is 0 Å². The summed E-state index contributed by atoms with van der Waals surface area (Å²) in [7, 11) is 0. The number of aliphatic hydroxyl groups is 3. The van der Waals surface area contributed by atoms with Crippen LogP contribution in [0.15, 0.2) is 18.2 Å². The molecule has 2 unspecified atom stereocenters. The van der Waals surface area contributed by atoms with Gasteiger partial charge < -0.3 is 15.3 Å². The van der Waals surface area contributed by atoms with Crippen LogP contribution >= 0.6 is 11.6 Å². The highest BCUT2D eigenvalue weighted by Gasteiger charge is 2.18. The van der Waals surface area contributed by atoms with E-state index < -0.39 is 24.6 Å². The van der Waals surface area contributed by atoms with Crippen molar-refractivity contribution in [3.05, 3.63) is 35.1 Å². The van der Waals surface area contributed by atoms with Gasteiger partial charge in [0, 0.05) is 11.4 Å². The molecule has 1 rings (SSSR count). The molecule has 3 N–H and O–H groups in total. The molecular weight excluding hydrogens is 235 g/mol. The van der Waals surface area contributed by atoms with Crippen LogP contribution < -0.4 is 0 Å². The van der Waals surface area contributed by atoms with Crippen molar-refractivity contribution in [3.63, 3.8) is 0 Å².